The molecule has 0 radical (unpaired) electrons. The Morgan fingerprint density at radius 2 is 2.00 bits per heavy atom. The summed E-state index contributed by atoms with van der Waals surface area (Å²) >= 11 is 7.02. The van der Waals surface area contributed by atoms with Gasteiger partial charge in [-0.05, 0) is 61.4 Å². The molecule has 1 fully saturated rings. The van der Waals surface area contributed by atoms with E-state index in [1.54, 1.807) is 12.1 Å². The first-order valence-corrected chi connectivity index (χ1v) is 11.2. The molecule has 2 aliphatic carbocycles. The van der Waals surface area contributed by atoms with E-state index in [9.17, 15) is 8.42 Å². The van der Waals surface area contributed by atoms with Crippen LogP contribution in [0.15, 0.2) is 40.6 Å². The predicted octanol–water partition coefficient (Wildman–Crippen LogP) is 3.20. The Morgan fingerprint density at radius 1 is 1.24 bits per heavy atom. The fourth-order valence-corrected chi connectivity index (χ4v) is 7.40. The third-order valence-electron chi connectivity index (χ3n) is 5.79. The number of thiophene rings is 1. The smallest absolute Gasteiger partial charge is 0.250 e. The zero-order chi connectivity index (χ0) is 17.7. The third kappa shape index (κ3) is 3.04. The average molecular weight is 397 g/mol. The molecule has 1 saturated carbocycles. The minimum Gasteiger partial charge on any atom is -0.330 e. The molecule has 2 bridgehead atoms. The standard InChI is InChI=1S/C18H21ClN2O2S2/c19-15-5-6-16(24-15)25(22,23)21-17-13-7-8-18(17,11-20)10-14-4-2-1-3-12(14)9-13/h1-6,13,17,21H,7-11,20H2. The van der Waals surface area contributed by atoms with E-state index in [2.05, 4.69) is 29.0 Å². The van der Waals surface area contributed by atoms with E-state index in [0.717, 1.165) is 37.0 Å². The molecule has 4 rings (SSSR count). The van der Waals surface area contributed by atoms with Crippen molar-refractivity contribution in [3.05, 3.63) is 51.9 Å². The maximum absolute atomic E-state index is 12.9. The van der Waals surface area contributed by atoms with Crippen LogP contribution < -0.4 is 10.5 Å². The predicted molar refractivity (Wildman–Crippen MR) is 101 cm³/mol. The molecule has 0 amide bonds. The summed E-state index contributed by atoms with van der Waals surface area (Å²) in [6.07, 6.45) is 3.69. The molecule has 3 unspecified atom stereocenters. The molecule has 3 atom stereocenters. The highest BCUT2D eigenvalue weighted by molar-refractivity contribution is 7.91. The van der Waals surface area contributed by atoms with Gasteiger partial charge in [-0.3, -0.25) is 0 Å². The second-order valence-electron chi connectivity index (χ2n) is 7.17. The molecule has 2 aliphatic rings. The number of halogens is 1. The van der Waals surface area contributed by atoms with Gasteiger partial charge in [-0.2, -0.15) is 0 Å². The van der Waals surface area contributed by atoms with E-state index in [4.69, 9.17) is 17.3 Å². The lowest BCUT2D eigenvalue weighted by Crippen LogP contribution is -2.51. The summed E-state index contributed by atoms with van der Waals surface area (Å²) in [5.74, 6) is 0.275. The zero-order valence-corrected chi connectivity index (χ0v) is 16.1. The first-order chi connectivity index (χ1) is 11.9. The van der Waals surface area contributed by atoms with Crippen molar-refractivity contribution in [3.63, 3.8) is 0 Å². The molecular weight excluding hydrogens is 376 g/mol. The molecule has 0 saturated heterocycles. The van der Waals surface area contributed by atoms with Gasteiger partial charge in [0.15, 0.2) is 0 Å². The summed E-state index contributed by atoms with van der Waals surface area (Å²) < 4.78 is 29.5. The van der Waals surface area contributed by atoms with Crippen molar-refractivity contribution in [2.24, 2.45) is 17.1 Å². The SMILES string of the molecule is NCC12CCC(Cc3ccccc3C1)C2NS(=O)(=O)c1ccc(Cl)s1. The Labute approximate surface area is 157 Å². The Kier molecular flexibility index (Phi) is 4.45. The summed E-state index contributed by atoms with van der Waals surface area (Å²) in [6.45, 7) is 0.482. The molecular formula is C18H21ClN2O2S2. The Bertz CT molecular complexity index is 896. The number of benzene rings is 1. The summed E-state index contributed by atoms with van der Waals surface area (Å²) in [7, 11) is -3.59. The van der Waals surface area contributed by atoms with Gasteiger partial charge in [0, 0.05) is 11.5 Å². The second kappa shape index (κ2) is 6.35. The van der Waals surface area contributed by atoms with Gasteiger partial charge in [-0.1, -0.05) is 35.9 Å². The van der Waals surface area contributed by atoms with Crippen molar-refractivity contribution >= 4 is 33.0 Å². The van der Waals surface area contributed by atoms with E-state index < -0.39 is 10.0 Å². The van der Waals surface area contributed by atoms with Gasteiger partial charge in [0.05, 0.1) is 4.34 Å². The summed E-state index contributed by atoms with van der Waals surface area (Å²) in [6, 6.07) is 11.5. The number of nitrogens with one attached hydrogen (secondary N) is 1. The van der Waals surface area contributed by atoms with Crippen LogP contribution in [0.4, 0.5) is 0 Å². The van der Waals surface area contributed by atoms with Crippen LogP contribution in [0.25, 0.3) is 0 Å². The molecule has 1 heterocycles. The van der Waals surface area contributed by atoms with Crippen LogP contribution in [-0.2, 0) is 22.9 Å². The first kappa shape index (κ1) is 17.5. The molecule has 2 aromatic rings. The van der Waals surface area contributed by atoms with Gasteiger partial charge >= 0.3 is 0 Å². The number of hydrogen-bond donors (Lipinski definition) is 2. The van der Waals surface area contributed by atoms with Crippen LogP contribution >= 0.6 is 22.9 Å². The van der Waals surface area contributed by atoms with Gasteiger partial charge in [-0.15, -0.1) is 11.3 Å². The Hall–Kier alpha value is -0.920. The Morgan fingerprint density at radius 3 is 2.68 bits per heavy atom. The number of rotatable bonds is 4. The van der Waals surface area contributed by atoms with Crippen molar-refractivity contribution in [1.29, 1.82) is 0 Å². The van der Waals surface area contributed by atoms with Crippen LogP contribution in [-0.4, -0.2) is 21.0 Å². The fraction of sp³-hybridized carbons (Fsp3) is 0.444. The van der Waals surface area contributed by atoms with Crippen LogP contribution in [0.3, 0.4) is 0 Å². The quantitative estimate of drug-likeness (QED) is 0.833. The van der Waals surface area contributed by atoms with E-state index in [0.29, 0.717) is 10.9 Å². The lowest BCUT2D eigenvalue weighted by atomic mass is 9.77. The largest absolute Gasteiger partial charge is 0.330 e. The Balaban J connectivity index is 1.70. The van der Waals surface area contributed by atoms with Gasteiger partial charge in [0.2, 0.25) is 10.0 Å². The molecule has 0 spiro atoms. The lowest BCUT2D eigenvalue weighted by Gasteiger charge is -2.35. The monoisotopic (exact) mass is 396 g/mol. The molecule has 4 nitrogen and oxygen atoms in total. The van der Waals surface area contributed by atoms with Gasteiger partial charge in [0.25, 0.3) is 0 Å². The number of sulfonamides is 1. The molecule has 25 heavy (non-hydrogen) atoms. The fourth-order valence-electron chi connectivity index (χ4n) is 4.49. The van der Waals surface area contributed by atoms with Crippen molar-refractivity contribution in [3.8, 4) is 0 Å². The topological polar surface area (TPSA) is 72.2 Å². The molecule has 1 aromatic carbocycles. The molecule has 134 valence electrons. The highest BCUT2D eigenvalue weighted by atomic mass is 35.5. The van der Waals surface area contributed by atoms with Crippen LogP contribution in [0.5, 0.6) is 0 Å². The van der Waals surface area contributed by atoms with E-state index >= 15 is 0 Å². The van der Waals surface area contributed by atoms with Gasteiger partial charge in [-0.25, -0.2) is 13.1 Å². The summed E-state index contributed by atoms with van der Waals surface area (Å²) in [4.78, 5) is 0. The van der Waals surface area contributed by atoms with Gasteiger partial charge in [0.1, 0.15) is 4.21 Å². The van der Waals surface area contributed by atoms with Crippen molar-refractivity contribution in [2.75, 3.05) is 6.54 Å². The zero-order valence-electron chi connectivity index (χ0n) is 13.7. The van der Waals surface area contributed by atoms with Crippen molar-refractivity contribution in [1.82, 2.24) is 4.72 Å². The number of fused-ring (bicyclic) bond motifs is 3. The number of hydrogen-bond acceptors (Lipinski definition) is 4. The molecule has 0 aliphatic heterocycles. The molecule has 7 heteroatoms. The number of nitrogens with two attached hydrogens (primary N) is 1. The summed E-state index contributed by atoms with van der Waals surface area (Å²) in [5.41, 5.74) is 8.61. The maximum atomic E-state index is 12.9. The van der Waals surface area contributed by atoms with E-state index in [1.807, 2.05) is 0 Å². The minimum atomic E-state index is -3.59. The van der Waals surface area contributed by atoms with E-state index in [1.165, 1.54) is 11.1 Å². The molecule has 1 aromatic heterocycles. The van der Waals surface area contributed by atoms with Crippen LogP contribution in [0.1, 0.15) is 24.0 Å². The highest BCUT2D eigenvalue weighted by Crippen LogP contribution is 2.48. The summed E-state index contributed by atoms with van der Waals surface area (Å²) in [5, 5.41) is 0. The molecule has 3 N–H and O–H groups in total. The van der Waals surface area contributed by atoms with Crippen LogP contribution in [0.2, 0.25) is 4.34 Å². The van der Waals surface area contributed by atoms with Crippen molar-refractivity contribution in [2.45, 2.75) is 35.9 Å². The second-order valence-corrected chi connectivity index (χ2v) is 10.8. The van der Waals surface area contributed by atoms with Gasteiger partial charge < -0.3 is 5.73 Å². The highest BCUT2D eigenvalue weighted by Gasteiger charge is 2.51. The maximum Gasteiger partial charge on any atom is 0.250 e. The third-order valence-corrected chi connectivity index (χ3v) is 8.95. The first-order valence-electron chi connectivity index (χ1n) is 8.48. The lowest BCUT2D eigenvalue weighted by molar-refractivity contribution is 0.236. The normalized spacial score (nSPS) is 28.6. The van der Waals surface area contributed by atoms with E-state index in [-0.39, 0.29) is 21.6 Å². The van der Waals surface area contributed by atoms with Crippen LogP contribution in [0, 0.1) is 11.3 Å². The minimum absolute atomic E-state index is 0.143. The average Bonchev–Trinajstić information content (AvgIpc) is 3.11. The van der Waals surface area contributed by atoms with Crippen molar-refractivity contribution < 1.29 is 8.42 Å².